The Hall–Kier alpha value is -2.77. The van der Waals surface area contributed by atoms with Gasteiger partial charge in [0.15, 0.2) is 5.82 Å². The molecule has 130 valence electrons. The summed E-state index contributed by atoms with van der Waals surface area (Å²) in [6.45, 7) is 1.76. The zero-order valence-electron chi connectivity index (χ0n) is 13.8. The minimum atomic E-state index is -0.242. The van der Waals surface area contributed by atoms with E-state index in [1.165, 1.54) is 19.2 Å². The summed E-state index contributed by atoms with van der Waals surface area (Å²) in [6.07, 6.45) is 7.47. The first-order chi connectivity index (χ1) is 12.2. The quantitative estimate of drug-likeness (QED) is 0.828. The van der Waals surface area contributed by atoms with Crippen LogP contribution in [0, 0.1) is 11.8 Å². The highest BCUT2D eigenvalue weighted by atomic mass is 16.2. The lowest BCUT2D eigenvalue weighted by Crippen LogP contribution is -2.33. The van der Waals surface area contributed by atoms with Crippen molar-refractivity contribution in [2.75, 3.05) is 13.1 Å². The first-order valence-electron chi connectivity index (χ1n) is 8.54. The Labute approximate surface area is 145 Å². The molecule has 1 saturated carbocycles. The van der Waals surface area contributed by atoms with E-state index in [0.29, 0.717) is 31.2 Å². The summed E-state index contributed by atoms with van der Waals surface area (Å²) in [6, 6.07) is 3.72. The smallest absolute Gasteiger partial charge is 0.225 e. The number of carbonyl (C=O) groups is 2. The molecule has 0 aromatic carbocycles. The van der Waals surface area contributed by atoms with Crippen molar-refractivity contribution in [1.29, 1.82) is 0 Å². The van der Waals surface area contributed by atoms with Crippen molar-refractivity contribution in [2.45, 2.75) is 25.8 Å². The van der Waals surface area contributed by atoms with Crippen LogP contribution in [0.1, 0.15) is 24.8 Å². The summed E-state index contributed by atoms with van der Waals surface area (Å²) < 4.78 is 1.57. The number of hydrogen-bond acceptors (Lipinski definition) is 5. The van der Waals surface area contributed by atoms with E-state index in [9.17, 15) is 9.59 Å². The van der Waals surface area contributed by atoms with Crippen LogP contribution in [-0.4, -0.2) is 49.6 Å². The molecule has 8 heteroatoms. The van der Waals surface area contributed by atoms with Crippen molar-refractivity contribution in [3.05, 3.63) is 36.5 Å². The van der Waals surface area contributed by atoms with E-state index in [1.54, 1.807) is 17.2 Å². The number of amides is 2. The van der Waals surface area contributed by atoms with Gasteiger partial charge in [0.1, 0.15) is 12.7 Å². The summed E-state index contributed by atoms with van der Waals surface area (Å²) in [5.41, 5.74) is 0.899. The number of hydrogen-bond donors (Lipinski definition) is 1. The van der Waals surface area contributed by atoms with Gasteiger partial charge < -0.3 is 10.2 Å². The highest BCUT2D eigenvalue weighted by molar-refractivity contribution is 5.89. The summed E-state index contributed by atoms with van der Waals surface area (Å²) in [7, 11) is 0. The lowest BCUT2D eigenvalue weighted by atomic mass is 10.1. The van der Waals surface area contributed by atoms with Crippen LogP contribution in [0.4, 0.5) is 0 Å². The maximum absolute atomic E-state index is 12.3. The van der Waals surface area contributed by atoms with Gasteiger partial charge in [-0.25, -0.2) is 14.6 Å². The highest BCUT2D eigenvalue weighted by Gasteiger charge is 2.36. The zero-order chi connectivity index (χ0) is 17.2. The summed E-state index contributed by atoms with van der Waals surface area (Å²) in [5, 5.41) is 6.93. The fourth-order valence-electron chi connectivity index (χ4n) is 3.05. The Bertz CT molecular complexity index is 754. The molecule has 3 heterocycles. The minimum absolute atomic E-state index is 0.0630. The van der Waals surface area contributed by atoms with Gasteiger partial charge in [0, 0.05) is 32.3 Å². The van der Waals surface area contributed by atoms with Crippen LogP contribution in [0.2, 0.25) is 0 Å². The van der Waals surface area contributed by atoms with Gasteiger partial charge in [-0.1, -0.05) is 6.07 Å². The molecule has 0 spiro atoms. The van der Waals surface area contributed by atoms with Crippen LogP contribution in [0.15, 0.2) is 31.0 Å². The number of pyridine rings is 1. The van der Waals surface area contributed by atoms with Crippen molar-refractivity contribution >= 4 is 11.8 Å². The molecule has 2 amide bonds. The SMILES string of the molecule is O=C(NCc1ccc(-n2cncn2)nc1)[C@@H]1CC(=O)N(CC2CC2)C1. The molecule has 2 aromatic heterocycles. The average molecular weight is 340 g/mol. The van der Waals surface area contributed by atoms with Crippen LogP contribution in [-0.2, 0) is 16.1 Å². The molecular formula is C17H20N6O2. The lowest BCUT2D eigenvalue weighted by Gasteiger charge is -2.16. The Morgan fingerprint density at radius 1 is 1.32 bits per heavy atom. The average Bonchev–Trinajstić information content (AvgIpc) is 3.13. The van der Waals surface area contributed by atoms with Gasteiger partial charge in [0.25, 0.3) is 0 Å². The normalized spacial score (nSPS) is 20.1. The van der Waals surface area contributed by atoms with E-state index in [4.69, 9.17) is 0 Å². The third-order valence-electron chi connectivity index (χ3n) is 4.69. The van der Waals surface area contributed by atoms with Gasteiger partial charge in [0.05, 0.1) is 5.92 Å². The Morgan fingerprint density at radius 2 is 2.20 bits per heavy atom. The molecule has 25 heavy (non-hydrogen) atoms. The summed E-state index contributed by atoms with van der Waals surface area (Å²) in [5.74, 6) is 1.12. The van der Waals surface area contributed by atoms with Crippen LogP contribution in [0.25, 0.3) is 5.82 Å². The molecule has 2 aromatic rings. The van der Waals surface area contributed by atoms with E-state index >= 15 is 0 Å². The molecule has 1 aliphatic carbocycles. The Kier molecular flexibility index (Phi) is 4.17. The maximum atomic E-state index is 12.3. The standard InChI is InChI=1S/C17H20N6O2/c24-16-5-14(9-22(16)8-12-1-2-12)17(25)20-7-13-3-4-15(19-6-13)23-11-18-10-21-23/h3-4,6,10-12,14H,1-2,5,7-9H2,(H,20,25)/t14-/m1/s1. The van der Waals surface area contributed by atoms with Crippen molar-refractivity contribution in [3.63, 3.8) is 0 Å². The first kappa shape index (κ1) is 15.7. The van der Waals surface area contributed by atoms with Gasteiger partial charge in [-0.2, -0.15) is 5.10 Å². The van der Waals surface area contributed by atoms with E-state index in [-0.39, 0.29) is 17.7 Å². The van der Waals surface area contributed by atoms with Crippen molar-refractivity contribution in [1.82, 2.24) is 30.0 Å². The third-order valence-corrected chi connectivity index (χ3v) is 4.69. The fourth-order valence-corrected chi connectivity index (χ4v) is 3.05. The van der Waals surface area contributed by atoms with Crippen LogP contribution in [0.5, 0.6) is 0 Å². The number of nitrogens with zero attached hydrogens (tertiary/aromatic N) is 5. The summed E-state index contributed by atoms with van der Waals surface area (Å²) in [4.78, 5) is 34.4. The second kappa shape index (κ2) is 6.62. The number of rotatable bonds is 6. The fraction of sp³-hybridized carbons (Fsp3) is 0.471. The maximum Gasteiger partial charge on any atom is 0.225 e. The minimum Gasteiger partial charge on any atom is -0.352 e. The van der Waals surface area contributed by atoms with E-state index < -0.39 is 0 Å². The molecule has 1 saturated heterocycles. The second-order valence-electron chi connectivity index (χ2n) is 6.73. The van der Waals surface area contributed by atoms with E-state index in [0.717, 1.165) is 12.1 Å². The van der Waals surface area contributed by atoms with Gasteiger partial charge >= 0.3 is 0 Å². The zero-order valence-corrected chi connectivity index (χ0v) is 13.8. The van der Waals surface area contributed by atoms with Crippen molar-refractivity contribution < 1.29 is 9.59 Å². The number of nitrogens with one attached hydrogen (secondary N) is 1. The molecule has 1 atom stereocenters. The molecule has 0 unspecified atom stereocenters. The van der Waals surface area contributed by atoms with Gasteiger partial charge in [-0.05, 0) is 30.4 Å². The molecule has 0 bridgehead atoms. The van der Waals surface area contributed by atoms with Crippen molar-refractivity contribution in [2.24, 2.45) is 11.8 Å². The molecule has 1 aliphatic heterocycles. The molecule has 2 fully saturated rings. The number of likely N-dealkylation sites (tertiary alicyclic amines) is 1. The summed E-state index contributed by atoms with van der Waals surface area (Å²) >= 11 is 0. The Balaban J connectivity index is 1.29. The molecule has 4 rings (SSSR count). The van der Waals surface area contributed by atoms with E-state index in [1.807, 2.05) is 17.0 Å². The van der Waals surface area contributed by atoms with Gasteiger partial charge in [-0.3, -0.25) is 9.59 Å². The number of aromatic nitrogens is 4. The molecule has 2 aliphatic rings. The molecule has 0 radical (unpaired) electrons. The van der Waals surface area contributed by atoms with E-state index in [2.05, 4.69) is 20.4 Å². The topological polar surface area (TPSA) is 93.0 Å². The number of carbonyl (C=O) groups excluding carboxylic acids is 2. The Morgan fingerprint density at radius 3 is 2.88 bits per heavy atom. The lowest BCUT2D eigenvalue weighted by molar-refractivity contribution is -0.129. The van der Waals surface area contributed by atoms with Crippen LogP contribution < -0.4 is 5.32 Å². The predicted octanol–water partition coefficient (Wildman–Crippen LogP) is 0.537. The second-order valence-corrected chi connectivity index (χ2v) is 6.73. The molecule has 1 N–H and O–H groups in total. The van der Waals surface area contributed by atoms with Crippen molar-refractivity contribution in [3.8, 4) is 5.82 Å². The third kappa shape index (κ3) is 3.67. The highest BCUT2D eigenvalue weighted by Crippen LogP contribution is 2.32. The predicted molar refractivity (Wildman–Crippen MR) is 88.4 cm³/mol. The van der Waals surface area contributed by atoms with Gasteiger partial charge in [0.2, 0.25) is 11.8 Å². The largest absolute Gasteiger partial charge is 0.352 e. The van der Waals surface area contributed by atoms with Crippen LogP contribution in [0.3, 0.4) is 0 Å². The van der Waals surface area contributed by atoms with Gasteiger partial charge in [-0.15, -0.1) is 0 Å². The molecule has 8 nitrogen and oxygen atoms in total. The first-order valence-corrected chi connectivity index (χ1v) is 8.54. The molecular weight excluding hydrogens is 320 g/mol. The van der Waals surface area contributed by atoms with Crippen LogP contribution >= 0.6 is 0 Å². The monoisotopic (exact) mass is 340 g/mol.